The van der Waals surface area contributed by atoms with E-state index in [0.29, 0.717) is 31.8 Å². The third-order valence-corrected chi connectivity index (χ3v) is 4.76. The molecule has 0 heterocycles. The van der Waals surface area contributed by atoms with E-state index in [1.165, 1.54) is 0 Å². The molecule has 0 aliphatic carbocycles. The lowest BCUT2D eigenvalue weighted by atomic mass is 10.2. The zero-order valence-corrected chi connectivity index (χ0v) is 14.9. The van der Waals surface area contributed by atoms with E-state index in [1.54, 1.807) is 31.4 Å². The molecule has 22 heavy (non-hydrogen) atoms. The van der Waals surface area contributed by atoms with Crippen molar-refractivity contribution in [3.05, 3.63) is 34.3 Å². The predicted molar refractivity (Wildman–Crippen MR) is 89.4 cm³/mol. The van der Waals surface area contributed by atoms with E-state index in [2.05, 4.69) is 26.6 Å². The predicted octanol–water partition coefficient (Wildman–Crippen LogP) is 0.716. The minimum atomic E-state index is -3.47. The van der Waals surface area contributed by atoms with Crippen molar-refractivity contribution in [2.75, 3.05) is 39.1 Å². The van der Waals surface area contributed by atoms with Crippen molar-refractivity contribution in [3.8, 4) is 0 Å². The number of rotatable bonds is 10. The van der Waals surface area contributed by atoms with Crippen LogP contribution in [0.1, 0.15) is 5.56 Å². The fraction of sp³-hybridized carbons (Fsp3) is 0.500. The van der Waals surface area contributed by atoms with Crippen molar-refractivity contribution >= 4 is 31.7 Å². The van der Waals surface area contributed by atoms with Gasteiger partial charge in [0.1, 0.15) is 5.75 Å². The molecule has 1 rings (SSSR count). The van der Waals surface area contributed by atoms with Crippen LogP contribution in [0, 0.1) is 0 Å². The molecule has 1 aromatic carbocycles. The van der Waals surface area contributed by atoms with Crippen molar-refractivity contribution in [1.29, 1.82) is 0 Å². The highest BCUT2D eigenvalue weighted by Crippen LogP contribution is 2.13. The molecule has 0 spiro atoms. The van der Waals surface area contributed by atoms with Crippen LogP contribution in [0.4, 0.5) is 0 Å². The molecule has 0 aliphatic heterocycles. The summed E-state index contributed by atoms with van der Waals surface area (Å²) in [6.07, 6.45) is 0. The van der Waals surface area contributed by atoms with Crippen LogP contribution in [0.3, 0.4) is 0 Å². The first-order valence-corrected chi connectivity index (χ1v) is 9.45. The van der Waals surface area contributed by atoms with Crippen molar-refractivity contribution in [2.24, 2.45) is 0 Å². The Kier molecular flexibility index (Phi) is 8.62. The van der Waals surface area contributed by atoms with Crippen LogP contribution in [0.15, 0.2) is 28.7 Å². The van der Waals surface area contributed by atoms with Gasteiger partial charge in [0.15, 0.2) is 9.84 Å². The first-order chi connectivity index (χ1) is 10.4. The number of sulfone groups is 1. The summed E-state index contributed by atoms with van der Waals surface area (Å²) in [6, 6.07) is 6.99. The van der Waals surface area contributed by atoms with Crippen molar-refractivity contribution < 1.29 is 17.9 Å². The summed E-state index contributed by atoms with van der Waals surface area (Å²) in [4.78, 5) is 11.6. The number of benzene rings is 1. The molecule has 0 unspecified atom stereocenters. The van der Waals surface area contributed by atoms with Crippen LogP contribution >= 0.6 is 15.9 Å². The number of ether oxygens (including phenoxy) is 1. The van der Waals surface area contributed by atoms with Gasteiger partial charge in [0.05, 0.1) is 12.4 Å². The number of halogens is 1. The van der Waals surface area contributed by atoms with Gasteiger partial charge in [0, 0.05) is 31.2 Å². The SMILES string of the molecule is COCCNCCNC(=O)CS(=O)(=O)Cc1ccc(Br)cc1. The first kappa shape index (κ1) is 19.1. The molecule has 1 aromatic rings. The molecular formula is C14H21BrN2O4S. The van der Waals surface area contributed by atoms with Gasteiger partial charge in [0.2, 0.25) is 5.91 Å². The van der Waals surface area contributed by atoms with E-state index >= 15 is 0 Å². The molecule has 6 nitrogen and oxygen atoms in total. The molecule has 8 heteroatoms. The normalized spacial score (nSPS) is 11.4. The standard InChI is InChI=1S/C14H21BrN2O4S/c1-21-9-8-16-6-7-17-14(18)11-22(19,20)10-12-2-4-13(15)5-3-12/h2-5,16H,6-11H2,1H3,(H,17,18). The van der Waals surface area contributed by atoms with Gasteiger partial charge in [-0.3, -0.25) is 4.79 Å². The van der Waals surface area contributed by atoms with Gasteiger partial charge in [-0.1, -0.05) is 28.1 Å². The van der Waals surface area contributed by atoms with E-state index in [1.807, 2.05) is 0 Å². The maximum atomic E-state index is 12.0. The summed E-state index contributed by atoms with van der Waals surface area (Å²) in [5, 5.41) is 5.64. The maximum absolute atomic E-state index is 12.0. The van der Waals surface area contributed by atoms with Crippen molar-refractivity contribution in [2.45, 2.75) is 5.75 Å². The monoisotopic (exact) mass is 392 g/mol. The molecule has 2 N–H and O–H groups in total. The fourth-order valence-corrected chi connectivity index (χ4v) is 3.29. The molecule has 0 bridgehead atoms. The van der Waals surface area contributed by atoms with E-state index < -0.39 is 21.5 Å². The van der Waals surface area contributed by atoms with Gasteiger partial charge < -0.3 is 15.4 Å². The lowest BCUT2D eigenvalue weighted by Crippen LogP contribution is -2.36. The van der Waals surface area contributed by atoms with Gasteiger partial charge in [-0.25, -0.2) is 8.42 Å². The van der Waals surface area contributed by atoms with Gasteiger partial charge >= 0.3 is 0 Å². The largest absolute Gasteiger partial charge is 0.383 e. The zero-order valence-electron chi connectivity index (χ0n) is 12.5. The third-order valence-electron chi connectivity index (χ3n) is 2.76. The third kappa shape index (κ3) is 8.47. The summed E-state index contributed by atoms with van der Waals surface area (Å²) in [5.41, 5.74) is 0.664. The number of hydrogen-bond donors (Lipinski definition) is 2. The number of methoxy groups -OCH3 is 1. The molecule has 0 aromatic heterocycles. The zero-order chi connectivity index (χ0) is 16.4. The molecule has 124 valence electrons. The Morgan fingerprint density at radius 3 is 2.50 bits per heavy atom. The number of carbonyl (C=O) groups is 1. The maximum Gasteiger partial charge on any atom is 0.235 e. The van der Waals surface area contributed by atoms with Crippen molar-refractivity contribution in [1.82, 2.24) is 10.6 Å². The van der Waals surface area contributed by atoms with Crippen LogP contribution in [0.2, 0.25) is 0 Å². The summed E-state index contributed by atoms with van der Waals surface area (Å²) in [7, 11) is -1.85. The molecular weight excluding hydrogens is 372 g/mol. The lowest BCUT2D eigenvalue weighted by Gasteiger charge is -2.07. The Labute approximate surface area is 139 Å². The smallest absolute Gasteiger partial charge is 0.235 e. The highest BCUT2D eigenvalue weighted by molar-refractivity contribution is 9.10. The molecule has 0 aliphatic rings. The highest BCUT2D eigenvalue weighted by Gasteiger charge is 2.17. The summed E-state index contributed by atoms with van der Waals surface area (Å²) in [5.74, 6) is -1.12. The number of carbonyl (C=O) groups excluding carboxylic acids is 1. The number of hydrogen-bond acceptors (Lipinski definition) is 5. The van der Waals surface area contributed by atoms with Gasteiger partial charge in [-0.2, -0.15) is 0 Å². The second-order valence-corrected chi connectivity index (χ2v) is 7.73. The summed E-state index contributed by atoms with van der Waals surface area (Å²) < 4.78 is 29.7. The summed E-state index contributed by atoms with van der Waals surface area (Å²) >= 11 is 3.29. The molecule has 0 fully saturated rings. The molecule has 0 radical (unpaired) electrons. The van der Waals surface area contributed by atoms with E-state index in [4.69, 9.17) is 4.74 Å². The Balaban J connectivity index is 2.31. The van der Waals surface area contributed by atoms with Crippen LogP contribution in [-0.2, 0) is 25.1 Å². The van der Waals surface area contributed by atoms with Crippen LogP contribution in [0.25, 0.3) is 0 Å². The molecule has 0 saturated carbocycles. The average Bonchev–Trinajstić information content (AvgIpc) is 2.44. The Morgan fingerprint density at radius 2 is 1.86 bits per heavy atom. The van der Waals surface area contributed by atoms with Crippen LogP contribution < -0.4 is 10.6 Å². The second-order valence-electron chi connectivity index (χ2n) is 4.75. The molecule has 0 saturated heterocycles. The van der Waals surface area contributed by atoms with E-state index in [0.717, 1.165) is 4.47 Å². The van der Waals surface area contributed by atoms with Crippen molar-refractivity contribution in [3.63, 3.8) is 0 Å². The van der Waals surface area contributed by atoms with Crippen LogP contribution in [0.5, 0.6) is 0 Å². The van der Waals surface area contributed by atoms with Gasteiger partial charge in [0.25, 0.3) is 0 Å². The first-order valence-electron chi connectivity index (χ1n) is 6.84. The number of nitrogens with one attached hydrogen (secondary N) is 2. The van der Waals surface area contributed by atoms with Gasteiger partial charge in [-0.15, -0.1) is 0 Å². The Hall–Kier alpha value is -0.960. The lowest BCUT2D eigenvalue weighted by molar-refractivity contribution is -0.118. The fourth-order valence-electron chi connectivity index (χ4n) is 1.73. The molecule has 0 atom stereocenters. The Bertz CT molecular complexity index is 561. The van der Waals surface area contributed by atoms with Gasteiger partial charge in [-0.05, 0) is 17.7 Å². The summed E-state index contributed by atoms with van der Waals surface area (Å²) in [6.45, 7) is 2.24. The molecule has 1 amide bonds. The Morgan fingerprint density at radius 1 is 1.18 bits per heavy atom. The highest BCUT2D eigenvalue weighted by atomic mass is 79.9. The topological polar surface area (TPSA) is 84.5 Å². The van der Waals surface area contributed by atoms with E-state index in [-0.39, 0.29) is 5.75 Å². The van der Waals surface area contributed by atoms with E-state index in [9.17, 15) is 13.2 Å². The minimum absolute atomic E-state index is 0.139. The van der Waals surface area contributed by atoms with Crippen LogP contribution in [-0.4, -0.2) is 53.4 Å². The average molecular weight is 393 g/mol. The number of amides is 1. The quantitative estimate of drug-likeness (QED) is 0.573. The second kappa shape index (κ2) is 9.94. The minimum Gasteiger partial charge on any atom is -0.383 e.